The normalized spacial score (nSPS) is 10.3. The second-order valence-corrected chi connectivity index (χ2v) is 19.0. The van der Waals surface area contributed by atoms with Crippen LogP contribution < -0.4 is 0 Å². The average Bonchev–Trinajstić information content (AvgIpc) is 3.40. The Morgan fingerprint density at radius 2 is 0.311 bits per heavy atom. The Labute approximate surface area is 437 Å². The molecule has 10 rings (SSSR count). The minimum absolute atomic E-state index is 0.308. The molecule has 74 heavy (non-hydrogen) atoms. The Hall–Kier alpha value is -8.08. The lowest BCUT2D eigenvalue weighted by Gasteiger charge is -2.06. The molecule has 0 nitrogen and oxygen atoms in total. The van der Waals surface area contributed by atoms with Gasteiger partial charge >= 0.3 is 0 Å². The lowest BCUT2D eigenvalue weighted by atomic mass is 10.0. The van der Waals surface area contributed by atoms with Crippen molar-refractivity contribution in [1.29, 1.82) is 0 Å². The molecule has 0 fully saturated rings. The Morgan fingerprint density at radius 3 is 0.473 bits per heavy atom. The molecule has 0 unspecified atom stereocenters. The van der Waals surface area contributed by atoms with E-state index in [9.17, 15) is 17.6 Å². The molecule has 0 heterocycles. The van der Waals surface area contributed by atoms with E-state index in [1.807, 2.05) is 38.1 Å². The molecule has 0 aliphatic heterocycles. The van der Waals surface area contributed by atoms with Crippen LogP contribution in [0.5, 0.6) is 0 Å². The topological polar surface area (TPSA) is 0 Å². The summed E-state index contributed by atoms with van der Waals surface area (Å²) in [6.07, 6.45) is 0. The monoisotopic (exact) mass is 983 g/mol. The minimum Gasteiger partial charge on any atom is -0.203 e. The Kier molecular flexibility index (Phi) is 19.8. The molecule has 0 bridgehead atoms. The molecule has 0 aromatic heterocycles. The van der Waals surface area contributed by atoms with Gasteiger partial charge in [0.15, 0.2) is 23.3 Å². The van der Waals surface area contributed by atoms with Crippen molar-refractivity contribution in [2.45, 2.75) is 69.2 Å². The van der Waals surface area contributed by atoms with Crippen LogP contribution in [0.15, 0.2) is 218 Å². The molecule has 10 aromatic carbocycles. The predicted molar refractivity (Wildman–Crippen MR) is 307 cm³/mol. The van der Waals surface area contributed by atoms with E-state index in [0.29, 0.717) is 33.4 Å². The molecule has 0 aliphatic carbocycles. The first-order valence-electron chi connectivity index (χ1n) is 24.9. The minimum atomic E-state index is -0.774. The molecule has 0 saturated heterocycles. The second kappa shape index (κ2) is 26.6. The highest BCUT2D eigenvalue weighted by Crippen LogP contribution is 2.28. The van der Waals surface area contributed by atoms with Crippen molar-refractivity contribution in [3.63, 3.8) is 0 Å². The fraction of sp³-hybridized carbons (Fsp3) is 0.143. The van der Waals surface area contributed by atoms with Crippen LogP contribution in [0, 0.1) is 92.5 Å². The fourth-order valence-corrected chi connectivity index (χ4v) is 7.68. The molecule has 0 radical (unpaired) electrons. The molecular weight excluding hydrogens is 917 g/mol. The van der Waals surface area contributed by atoms with Gasteiger partial charge in [0, 0.05) is 11.1 Å². The number of rotatable bonds is 5. The van der Waals surface area contributed by atoms with Crippen LogP contribution in [0.2, 0.25) is 0 Å². The summed E-state index contributed by atoms with van der Waals surface area (Å²) in [7, 11) is 0. The molecule has 374 valence electrons. The quantitative estimate of drug-likeness (QED) is 0.151. The molecule has 0 aliphatic rings. The summed E-state index contributed by atoms with van der Waals surface area (Å²) >= 11 is 0. The summed E-state index contributed by atoms with van der Waals surface area (Å²) in [5, 5.41) is 0. The molecule has 10 aromatic rings. The van der Waals surface area contributed by atoms with Gasteiger partial charge in [-0.05, 0) is 125 Å². The van der Waals surface area contributed by atoms with Gasteiger partial charge in [0.1, 0.15) is 0 Å². The van der Waals surface area contributed by atoms with Gasteiger partial charge in [-0.2, -0.15) is 0 Å². The Bertz CT molecular complexity index is 2880. The van der Waals surface area contributed by atoms with Crippen molar-refractivity contribution in [2.24, 2.45) is 0 Å². The van der Waals surface area contributed by atoms with E-state index in [1.165, 1.54) is 66.8 Å². The van der Waals surface area contributed by atoms with Crippen LogP contribution in [-0.2, 0) is 0 Å². The van der Waals surface area contributed by atoms with Crippen LogP contribution >= 0.6 is 0 Å². The maximum Gasteiger partial charge on any atom is 0.166 e. The third-order valence-corrected chi connectivity index (χ3v) is 12.6. The van der Waals surface area contributed by atoms with Gasteiger partial charge in [0.05, 0.1) is 0 Å². The summed E-state index contributed by atoms with van der Waals surface area (Å²) in [6.45, 7) is 19.7. The van der Waals surface area contributed by atoms with Crippen molar-refractivity contribution < 1.29 is 17.6 Å². The second-order valence-electron chi connectivity index (χ2n) is 19.0. The van der Waals surface area contributed by atoms with Crippen LogP contribution in [0.25, 0.3) is 55.6 Å². The van der Waals surface area contributed by atoms with Crippen LogP contribution in [0.1, 0.15) is 55.6 Å². The highest BCUT2D eigenvalue weighted by atomic mass is 19.2. The van der Waals surface area contributed by atoms with Crippen LogP contribution in [0.3, 0.4) is 0 Å². The fourth-order valence-electron chi connectivity index (χ4n) is 7.68. The smallest absolute Gasteiger partial charge is 0.166 e. The Morgan fingerprint density at radius 1 is 0.162 bits per heavy atom. The average molecular weight is 983 g/mol. The molecule has 0 amide bonds. The summed E-state index contributed by atoms with van der Waals surface area (Å²) in [4.78, 5) is 0. The van der Waals surface area contributed by atoms with Crippen molar-refractivity contribution in [3.8, 4) is 55.6 Å². The summed E-state index contributed by atoms with van der Waals surface area (Å²) in [5.41, 5.74) is 20.4. The summed E-state index contributed by atoms with van der Waals surface area (Å²) in [6, 6.07) is 72.9. The molecule has 0 saturated carbocycles. The van der Waals surface area contributed by atoms with E-state index < -0.39 is 23.3 Å². The highest BCUT2D eigenvalue weighted by Gasteiger charge is 2.13. The van der Waals surface area contributed by atoms with Crippen molar-refractivity contribution in [1.82, 2.24) is 0 Å². The van der Waals surface area contributed by atoms with Crippen molar-refractivity contribution >= 4 is 0 Å². The van der Waals surface area contributed by atoms with Gasteiger partial charge in [0.2, 0.25) is 0 Å². The Balaban J connectivity index is 0.000000151. The largest absolute Gasteiger partial charge is 0.203 e. The zero-order valence-corrected chi connectivity index (χ0v) is 44.3. The van der Waals surface area contributed by atoms with Crippen molar-refractivity contribution in [2.75, 3.05) is 0 Å². The number of halogens is 4. The number of hydrogen-bond acceptors (Lipinski definition) is 0. The van der Waals surface area contributed by atoms with E-state index in [-0.39, 0.29) is 0 Å². The van der Waals surface area contributed by atoms with E-state index in [0.717, 1.165) is 11.1 Å². The van der Waals surface area contributed by atoms with Gasteiger partial charge in [0.25, 0.3) is 0 Å². The van der Waals surface area contributed by atoms with Gasteiger partial charge < -0.3 is 0 Å². The van der Waals surface area contributed by atoms with E-state index >= 15 is 0 Å². The van der Waals surface area contributed by atoms with Crippen molar-refractivity contribution in [3.05, 3.63) is 297 Å². The first-order valence-corrected chi connectivity index (χ1v) is 24.9. The molecule has 4 heteroatoms. The molecule has 0 spiro atoms. The number of benzene rings is 10. The standard InChI is InChI=1S/2C14H12F2.3C14H14/c2*1-9-3-6-11(7-4-9)12-8-5-10(2)13(15)14(12)16;3*1-11-3-7-13(8-4-11)14-9-5-12(2)6-10-14/h2*3-8H,1-2H3;3*3-10H,1-2H3. The maximum atomic E-state index is 13.7. The molecule has 0 atom stereocenters. The lowest BCUT2D eigenvalue weighted by molar-refractivity contribution is 0.505. The number of aryl methyl sites for hydroxylation is 10. The summed E-state index contributed by atoms with van der Waals surface area (Å²) in [5.74, 6) is -3.08. The third-order valence-electron chi connectivity index (χ3n) is 12.6. The van der Waals surface area contributed by atoms with E-state index in [1.54, 1.807) is 62.4 Å². The first kappa shape index (κ1) is 55.2. The van der Waals surface area contributed by atoms with Crippen LogP contribution in [0.4, 0.5) is 17.6 Å². The van der Waals surface area contributed by atoms with Crippen LogP contribution in [-0.4, -0.2) is 0 Å². The molecular formula is C70H66F4. The molecule has 0 N–H and O–H groups in total. The van der Waals surface area contributed by atoms with Gasteiger partial charge in [-0.25, -0.2) is 17.6 Å². The van der Waals surface area contributed by atoms with E-state index in [4.69, 9.17) is 0 Å². The zero-order valence-electron chi connectivity index (χ0n) is 44.3. The highest BCUT2D eigenvalue weighted by molar-refractivity contribution is 5.68. The van der Waals surface area contributed by atoms with E-state index in [2.05, 4.69) is 187 Å². The first-order chi connectivity index (χ1) is 35.4. The summed E-state index contributed by atoms with van der Waals surface area (Å²) < 4.78 is 54.1. The maximum absolute atomic E-state index is 13.7. The zero-order chi connectivity index (χ0) is 53.3. The SMILES string of the molecule is Cc1ccc(-c2ccc(C)c(F)c2F)cc1.Cc1ccc(-c2ccc(C)c(F)c2F)cc1.Cc1ccc(-c2ccc(C)cc2)cc1.Cc1ccc(-c2ccc(C)cc2)cc1.Cc1ccc(-c2ccc(C)cc2)cc1. The third kappa shape index (κ3) is 16.0. The number of hydrogen-bond donors (Lipinski definition) is 0. The van der Waals surface area contributed by atoms with Gasteiger partial charge in [-0.3, -0.25) is 0 Å². The predicted octanol–water partition coefficient (Wildman–Crippen LogP) is 20.4. The lowest BCUT2D eigenvalue weighted by Crippen LogP contribution is -1.92. The van der Waals surface area contributed by atoms with Gasteiger partial charge in [-0.15, -0.1) is 0 Å². The van der Waals surface area contributed by atoms with Gasteiger partial charge in [-0.1, -0.05) is 263 Å².